The van der Waals surface area contributed by atoms with E-state index in [1.807, 2.05) is 49.4 Å². The summed E-state index contributed by atoms with van der Waals surface area (Å²) in [6.07, 6.45) is 1.71. The highest BCUT2D eigenvalue weighted by atomic mass is 16.5. The van der Waals surface area contributed by atoms with Crippen molar-refractivity contribution < 1.29 is 14.3 Å². The molecule has 3 aromatic rings. The van der Waals surface area contributed by atoms with E-state index in [1.165, 1.54) is 6.33 Å². The lowest BCUT2D eigenvalue weighted by Crippen LogP contribution is -2.11. The number of aryl methyl sites for hydroxylation is 1. The number of carbonyl (C=O) groups excluding carboxylic acids is 1. The summed E-state index contributed by atoms with van der Waals surface area (Å²) < 4.78 is 10.5. The molecule has 132 valence electrons. The number of rotatable bonds is 6. The summed E-state index contributed by atoms with van der Waals surface area (Å²) in [6, 6.07) is 16.3. The highest BCUT2D eigenvalue weighted by molar-refractivity contribution is 5.75. The zero-order valence-corrected chi connectivity index (χ0v) is 14.6. The second-order valence-corrected chi connectivity index (χ2v) is 5.69. The molecule has 0 spiro atoms. The van der Waals surface area contributed by atoms with Crippen LogP contribution < -0.4 is 14.8 Å². The predicted octanol–water partition coefficient (Wildman–Crippen LogP) is 3.69. The van der Waals surface area contributed by atoms with Crippen molar-refractivity contribution in [2.45, 2.75) is 13.3 Å². The summed E-state index contributed by atoms with van der Waals surface area (Å²) in [4.78, 5) is 20.3. The first-order valence-electron chi connectivity index (χ1n) is 8.12. The Balaban J connectivity index is 1.57. The van der Waals surface area contributed by atoms with Gasteiger partial charge in [0.05, 0.1) is 13.5 Å². The minimum Gasteiger partial charge on any atom is -0.497 e. The first-order chi connectivity index (χ1) is 12.6. The molecule has 0 saturated carbocycles. The average Bonchev–Trinajstić information content (AvgIpc) is 2.64. The van der Waals surface area contributed by atoms with Crippen molar-refractivity contribution in [2.75, 3.05) is 12.4 Å². The topological polar surface area (TPSA) is 73.3 Å². The van der Waals surface area contributed by atoms with Crippen molar-refractivity contribution in [1.29, 1.82) is 0 Å². The summed E-state index contributed by atoms with van der Waals surface area (Å²) in [7, 11) is 1.60. The molecule has 0 amide bonds. The van der Waals surface area contributed by atoms with Crippen LogP contribution in [0.15, 0.2) is 60.9 Å². The van der Waals surface area contributed by atoms with Crippen molar-refractivity contribution in [3.05, 3.63) is 72.2 Å². The van der Waals surface area contributed by atoms with Crippen LogP contribution in [0.5, 0.6) is 11.5 Å². The highest BCUT2D eigenvalue weighted by Crippen LogP contribution is 2.20. The van der Waals surface area contributed by atoms with Gasteiger partial charge in [-0.25, -0.2) is 9.97 Å². The molecule has 3 rings (SSSR count). The molecule has 1 heterocycles. The molecule has 0 bridgehead atoms. The molecule has 0 fully saturated rings. The number of nitrogens with one attached hydrogen (secondary N) is 1. The Morgan fingerprint density at radius 3 is 2.35 bits per heavy atom. The SMILES string of the molecule is COc1ccc(CC(=O)Oc2ccc(Nc3cc(C)ncn3)cc2)cc1. The molecule has 0 atom stereocenters. The molecule has 0 aliphatic carbocycles. The van der Waals surface area contributed by atoms with Crippen LogP contribution >= 0.6 is 0 Å². The Labute approximate surface area is 151 Å². The van der Waals surface area contributed by atoms with Crippen LogP contribution in [-0.4, -0.2) is 23.0 Å². The fraction of sp³-hybridized carbons (Fsp3) is 0.150. The van der Waals surface area contributed by atoms with E-state index in [2.05, 4.69) is 15.3 Å². The van der Waals surface area contributed by atoms with Crippen molar-refractivity contribution >= 4 is 17.5 Å². The lowest BCUT2D eigenvalue weighted by Gasteiger charge is -2.08. The Kier molecular flexibility index (Phi) is 5.43. The van der Waals surface area contributed by atoms with E-state index in [0.717, 1.165) is 22.7 Å². The quantitative estimate of drug-likeness (QED) is 0.540. The molecule has 6 nitrogen and oxygen atoms in total. The van der Waals surface area contributed by atoms with Gasteiger partial charge in [-0.15, -0.1) is 0 Å². The molecule has 26 heavy (non-hydrogen) atoms. The number of ether oxygens (including phenoxy) is 2. The second-order valence-electron chi connectivity index (χ2n) is 5.69. The molecule has 0 saturated heterocycles. The van der Waals surface area contributed by atoms with Gasteiger partial charge in [0, 0.05) is 17.4 Å². The Hall–Kier alpha value is -3.41. The van der Waals surface area contributed by atoms with E-state index in [1.54, 1.807) is 19.2 Å². The average molecular weight is 349 g/mol. The van der Waals surface area contributed by atoms with Gasteiger partial charge < -0.3 is 14.8 Å². The molecular formula is C20H19N3O3. The maximum absolute atomic E-state index is 12.1. The third-order valence-electron chi connectivity index (χ3n) is 3.67. The first kappa shape index (κ1) is 17.4. The second kappa shape index (κ2) is 8.11. The van der Waals surface area contributed by atoms with Gasteiger partial charge in [0.25, 0.3) is 0 Å². The summed E-state index contributed by atoms with van der Waals surface area (Å²) >= 11 is 0. The van der Waals surface area contributed by atoms with E-state index >= 15 is 0 Å². The van der Waals surface area contributed by atoms with Crippen molar-refractivity contribution in [1.82, 2.24) is 9.97 Å². The van der Waals surface area contributed by atoms with E-state index in [0.29, 0.717) is 11.6 Å². The molecule has 0 radical (unpaired) electrons. The van der Waals surface area contributed by atoms with E-state index in [9.17, 15) is 4.79 Å². The van der Waals surface area contributed by atoms with Gasteiger partial charge >= 0.3 is 5.97 Å². The first-order valence-corrected chi connectivity index (χ1v) is 8.12. The number of nitrogens with zero attached hydrogens (tertiary/aromatic N) is 2. The van der Waals surface area contributed by atoms with Crippen molar-refractivity contribution in [3.63, 3.8) is 0 Å². The minimum atomic E-state index is -0.317. The van der Waals surface area contributed by atoms with Gasteiger partial charge in [-0.2, -0.15) is 0 Å². The largest absolute Gasteiger partial charge is 0.497 e. The number of hydrogen-bond donors (Lipinski definition) is 1. The van der Waals surface area contributed by atoms with Gasteiger partial charge in [0.1, 0.15) is 23.6 Å². The molecular weight excluding hydrogens is 330 g/mol. The van der Waals surface area contributed by atoms with E-state index in [4.69, 9.17) is 9.47 Å². The van der Waals surface area contributed by atoms with Crippen LogP contribution in [-0.2, 0) is 11.2 Å². The van der Waals surface area contributed by atoms with Crippen LogP contribution in [0.1, 0.15) is 11.3 Å². The van der Waals surface area contributed by atoms with Gasteiger partial charge in [0.15, 0.2) is 0 Å². The summed E-state index contributed by atoms with van der Waals surface area (Å²) in [5.74, 6) is 1.64. The minimum absolute atomic E-state index is 0.199. The zero-order chi connectivity index (χ0) is 18.4. The Morgan fingerprint density at radius 2 is 1.69 bits per heavy atom. The Morgan fingerprint density at radius 1 is 1.00 bits per heavy atom. The number of methoxy groups -OCH3 is 1. The number of anilines is 2. The monoisotopic (exact) mass is 349 g/mol. The maximum Gasteiger partial charge on any atom is 0.315 e. The molecule has 0 unspecified atom stereocenters. The molecule has 6 heteroatoms. The standard InChI is InChI=1S/C20H19N3O3/c1-14-11-19(22-13-21-14)23-16-5-9-18(10-6-16)26-20(24)12-15-3-7-17(25-2)8-4-15/h3-11,13H,12H2,1-2H3,(H,21,22,23). The van der Waals surface area contributed by atoms with Gasteiger partial charge in [-0.3, -0.25) is 4.79 Å². The molecule has 2 aromatic carbocycles. The van der Waals surface area contributed by atoms with Gasteiger partial charge in [-0.05, 0) is 48.9 Å². The summed E-state index contributed by atoms with van der Waals surface area (Å²) in [6.45, 7) is 1.90. The number of benzene rings is 2. The van der Waals surface area contributed by atoms with E-state index in [-0.39, 0.29) is 12.4 Å². The predicted molar refractivity (Wildman–Crippen MR) is 98.8 cm³/mol. The number of esters is 1. The van der Waals surface area contributed by atoms with Crippen molar-refractivity contribution in [2.24, 2.45) is 0 Å². The van der Waals surface area contributed by atoms with Crippen LogP contribution in [0.3, 0.4) is 0 Å². The fourth-order valence-corrected chi connectivity index (χ4v) is 2.35. The van der Waals surface area contributed by atoms with Crippen LogP contribution in [0.4, 0.5) is 11.5 Å². The van der Waals surface area contributed by atoms with Gasteiger partial charge in [0.2, 0.25) is 0 Å². The molecule has 0 aliphatic heterocycles. The molecule has 0 aliphatic rings. The number of carbonyl (C=O) groups is 1. The third kappa shape index (κ3) is 4.80. The van der Waals surface area contributed by atoms with Gasteiger partial charge in [-0.1, -0.05) is 12.1 Å². The third-order valence-corrected chi connectivity index (χ3v) is 3.67. The summed E-state index contributed by atoms with van der Waals surface area (Å²) in [5, 5.41) is 3.17. The lowest BCUT2D eigenvalue weighted by atomic mass is 10.1. The normalized spacial score (nSPS) is 10.2. The van der Waals surface area contributed by atoms with E-state index < -0.39 is 0 Å². The Bertz CT molecular complexity index is 878. The van der Waals surface area contributed by atoms with Crippen molar-refractivity contribution in [3.8, 4) is 11.5 Å². The molecule has 1 N–H and O–H groups in total. The summed E-state index contributed by atoms with van der Waals surface area (Å²) in [5.41, 5.74) is 2.60. The lowest BCUT2D eigenvalue weighted by molar-refractivity contribution is -0.133. The zero-order valence-electron chi connectivity index (χ0n) is 14.6. The highest BCUT2D eigenvalue weighted by Gasteiger charge is 2.07. The van der Waals surface area contributed by atoms with Crippen LogP contribution in [0.2, 0.25) is 0 Å². The fourth-order valence-electron chi connectivity index (χ4n) is 2.35. The smallest absolute Gasteiger partial charge is 0.315 e. The van der Waals surface area contributed by atoms with Crippen LogP contribution in [0, 0.1) is 6.92 Å². The van der Waals surface area contributed by atoms with Crippen LogP contribution in [0.25, 0.3) is 0 Å². The maximum atomic E-state index is 12.1. The number of hydrogen-bond acceptors (Lipinski definition) is 6. The number of aromatic nitrogens is 2. The molecule has 1 aromatic heterocycles.